The minimum Gasteiger partial charge on any atom is -0.481 e. The van der Waals surface area contributed by atoms with Gasteiger partial charge in [0.15, 0.2) is 5.60 Å². The van der Waals surface area contributed by atoms with Crippen molar-refractivity contribution >= 4 is 11.9 Å². The molecule has 0 aromatic heterocycles. The quantitative estimate of drug-likeness (QED) is 0.221. The first-order valence-electron chi connectivity index (χ1n) is 10.8. The summed E-state index contributed by atoms with van der Waals surface area (Å²) < 4.78 is 10.9. The van der Waals surface area contributed by atoms with Gasteiger partial charge >= 0.3 is 11.9 Å². The van der Waals surface area contributed by atoms with Crippen LogP contribution in [0.2, 0.25) is 0 Å². The first-order valence-corrected chi connectivity index (χ1v) is 10.8. The number of hydrogen-bond acceptors (Lipinski definition) is 9. The molecule has 190 valence electrons. The fourth-order valence-corrected chi connectivity index (χ4v) is 3.80. The van der Waals surface area contributed by atoms with E-state index in [9.17, 15) is 40.2 Å². The second kappa shape index (κ2) is 11.1. The van der Waals surface area contributed by atoms with Crippen molar-refractivity contribution in [1.29, 1.82) is 0 Å². The summed E-state index contributed by atoms with van der Waals surface area (Å²) in [5.41, 5.74) is -0.145. The minimum absolute atomic E-state index is 0.333. The van der Waals surface area contributed by atoms with Gasteiger partial charge in [-0.2, -0.15) is 0 Å². The van der Waals surface area contributed by atoms with E-state index in [4.69, 9.17) is 14.6 Å². The molecule has 11 heteroatoms. The summed E-state index contributed by atoms with van der Waals surface area (Å²) in [5, 5.41) is 67.3. The lowest BCUT2D eigenvalue weighted by atomic mass is 9.90. The van der Waals surface area contributed by atoms with Crippen LogP contribution < -0.4 is 4.74 Å². The Kier molecular flexibility index (Phi) is 8.43. The molecule has 2 aromatic rings. The van der Waals surface area contributed by atoms with E-state index in [1.807, 2.05) is 0 Å². The van der Waals surface area contributed by atoms with Gasteiger partial charge in [0.25, 0.3) is 0 Å². The normalized spacial score (nSPS) is 26.0. The Labute approximate surface area is 200 Å². The average Bonchev–Trinajstić information content (AvgIpc) is 2.81. The van der Waals surface area contributed by atoms with E-state index in [1.54, 1.807) is 48.5 Å². The minimum atomic E-state index is -2.40. The van der Waals surface area contributed by atoms with Gasteiger partial charge in [-0.25, -0.2) is 4.79 Å². The van der Waals surface area contributed by atoms with E-state index in [0.717, 1.165) is 11.1 Å². The van der Waals surface area contributed by atoms with Crippen molar-refractivity contribution in [2.75, 3.05) is 6.61 Å². The number of aliphatic carboxylic acids is 2. The number of hydrogen-bond donors (Lipinski definition) is 7. The maximum absolute atomic E-state index is 11.3. The van der Waals surface area contributed by atoms with Crippen LogP contribution in [0.3, 0.4) is 0 Å². The molecule has 3 rings (SSSR count). The molecule has 1 aliphatic heterocycles. The third kappa shape index (κ3) is 6.54. The van der Waals surface area contributed by atoms with Crippen LogP contribution >= 0.6 is 0 Å². The number of carboxylic acids is 2. The Bertz CT molecular complexity index is 1010. The molecule has 0 aliphatic carbocycles. The first kappa shape index (κ1) is 26.5. The SMILES string of the molecule is O=C(O)C[C@](O)(Cc1ccc(Cc2ccc(O[C@H]3O[C@@H](CO)[C@H](O)[C@@H](O)[C@@H]3O)cc2)cc1)C(=O)O. The van der Waals surface area contributed by atoms with Crippen LogP contribution in [0.15, 0.2) is 48.5 Å². The molecule has 6 atom stereocenters. The van der Waals surface area contributed by atoms with Gasteiger partial charge in [-0.1, -0.05) is 36.4 Å². The highest BCUT2D eigenvalue weighted by atomic mass is 16.7. The van der Waals surface area contributed by atoms with Gasteiger partial charge in [-0.15, -0.1) is 0 Å². The average molecular weight is 492 g/mol. The van der Waals surface area contributed by atoms with Gasteiger partial charge in [0.2, 0.25) is 6.29 Å². The summed E-state index contributed by atoms with van der Waals surface area (Å²) in [4.78, 5) is 22.2. The molecular weight excluding hydrogens is 464 g/mol. The van der Waals surface area contributed by atoms with Crippen molar-refractivity contribution < 1.29 is 54.8 Å². The van der Waals surface area contributed by atoms with E-state index in [1.165, 1.54) is 0 Å². The molecule has 0 radical (unpaired) electrons. The molecular formula is C24H28O11. The largest absolute Gasteiger partial charge is 0.481 e. The van der Waals surface area contributed by atoms with E-state index in [-0.39, 0.29) is 6.42 Å². The van der Waals surface area contributed by atoms with E-state index in [0.29, 0.717) is 17.7 Å². The van der Waals surface area contributed by atoms with Gasteiger partial charge in [0.05, 0.1) is 13.0 Å². The van der Waals surface area contributed by atoms with Crippen molar-refractivity contribution in [3.63, 3.8) is 0 Å². The standard InChI is InChI=1S/C24H28O11/c25-12-17-19(28)20(29)21(30)22(35-17)34-16-7-5-14(6-8-16)9-13-1-3-15(4-2-13)10-24(33,23(31)32)11-18(26)27/h1-8,17,19-22,25,28-30,33H,9-12H2,(H,26,27)(H,31,32)/t17-,19-,20+,21-,22-,24+/m0/s1. The van der Waals surface area contributed by atoms with Crippen molar-refractivity contribution in [3.8, 4) is 5.75 Å². The number of rotatable bonds is 10. The summed E-state index contributed by atoms with van der Waals surface area (Å²) >= 11 is 0. The Morgan fingerprint density at radius 2 is 1.40 bits per heavy atom. The fourth-order valence-electron chi connectivity index (χ4n) is 3.80. The lowest BCUT2D eigenvalue weighted by Gasteiger charge is -2.39. The van der Waals surface area contributed by atoms with Crippen LogP contribution in [0.25, 0.3) is 0 Å². The Morgan fingerprint density at radius 3 is 1.91 bits per heavy atom. The predicted octanol–water partition coefficient (Wildman–Crippen LogP) is -0.711. The third-order valence-electron chi connectivity index (χ3n) is 5.79. The number of benzene rings is 2. The highest BCUT2D eigenvalue weighted by Gasteiger charge is 2.44. The van der Waals surface area contributed by atoms with Crippen LogP contribution in [-0.2, 0) is 27.2 Å². The van der Waals surface area contributed by atoms with Crippen molar-refractivity contribution in [2.24, 2.45) is 0 Å². The lowest BCUT2D eigenvalue weighted by Crippen LogP contribution is -2.60. The predicted molar refractivity (Wildman–Crippen MR) is 119 cm³/mol. The Balaban J connectivity index is 1.61. The molecule has 2 aromatic carbocycles. The lowest BCUT2D eigenvalue weighted by molar-refractivity contribution is -0.277. The molecule has 0 spiro atoms. The third-order valence-corrected chi connectivity index (χ3v) is 5.79. The summed E-state index contributed by atoms with van der Waals surface area (Å²) in [6.07, 6.45) is -7.63. The maximum Gasteiger partial charge on any atom is 0.336 e. The van der Waals surface area contributed by atoms with E-state index < -0.39 is 61.3 Å². The van der Waals surface area contributed by atoms with E-state index >= 15 is 0 Å². The summed E-state index contributed by atoms with van der Waals surface area (Å²) in [6.45, 7) is -0.558. The zero-order valence-corrected chi connectivity index (χ0v) is 18.6. The van der Waals surface area contributed by atoms with Crippen molar-refractivity contribution in [3.05, 3.63) is 65.2 Å². The van der Waals surface area contributed by atoms with Crippen LogP contribution in [0.4, 0.5) is 0 Å². The molecule has 0 unspecified atom stereocenters. The van der Waals surface area contributed by atoms with Gasteiger partial charge in [-0.05, 0) is 35.2 Å². The number of carbonyl (C=O) groups is 2. The second-order valence-electron chi connectivity index (χ2n) is 8.54. The van der Waals surface area contributed by atoms with Gasteiger partial charge in [-0.3, -0.25) is 4.79 Å². The van der Waals surface area contributed by atoms with E-state index in [2.05, 4.69) is 0 Å². The highest BCUT2D eigenvalue weighted by molar-refractivity contribution is 5.84. The van der Waals surface area contributed by atoms with Crippen molar-refractivity contribution in [2.45, 2.75) is 55.6 Å². The molecule has 1 saturated heterocycles. The molecule has 1 aliphatic rings. The smallest absolute Gasteiger partial charge is 0.336 e. The molecule has 11 nitrogen and oxygen atoms in total. The molecule has 7 N–H and O–H groups in total. The molecule has 35 heavy (non-hydrogen) atoms. The monoisotopic (exact) mass is 492 g/mol. The number of ether oxygens (including phenoxy) is 2. The summed E-state index contributed by atoms with van der Waals surface area (Å²) in [5.74, 6) is -2.68. The van der Waals surface area contributed by atoms with Crippen LogP contribution in [0.1, 0.15) is 23.1 Å². The van der Waals surface area contributed by atoms with Crippen LogP contribution in [0, 0.1) is 0 Å². The number of carboxylic acid groups (broad SMARTS) is 2. The molecule has 0 saturated carbocycles. The molecule has 0 amide bonds. The van der Waals surface area contributed by atoms with Gasteiger partial charge in [0.1, 0.15) is 30.2 Å². The molecule has 1 heterocycles. The summed E-state index contributed by atoms with van der Waals surface area (Å²) in [6, 6.07) is 13.5. The maximum atomic E-state index is 11.3. The Morgan fingerprint density at radius 1 is 0.857 bits per heavy atom. The zero-order valence-electron chi connectivity index (χ0n) is 18.6. The Hall–Kier alpha value is -3.06. The summed E-state index contributed by atoms with van der Waals surface area (Å²) in [7, 11) is 0. The highest BCUT2D eigenvalue weighted by Crippen LogP contribution is 2.25. The van der Waals surface area contributed by atoms with Crippen LogP contribution in [-0.4, -0.2) is 90.6 Å². The molecule has 1 fully saturated rings. The molecule has 0 bridgehead atoms. The zero-order chi connectivity index (χ0) is 25.8. The van der Waals surface area contributed by atoms with Gasteiger partial charge < -0.3 is 45.2 Å². The van der Waals surface area contributed by atoms with Crippen molar-refractivity contribution in [1.82, 2.24) is 0 Å². The fraction of sp³-hybridized carbons (Fsp3) is 0.417. The number of aliphatic hydroxyl groups excluding tert-OH is 4. The van der Waals surface area contributed by atoms with Gasteiger partial charge in [0, 0.05) is 6.42 Å². The second-order valence-corrected chi connectivity index (χ2v) is 8.54. The van der Waals surface area contributed by atoms with Crippen LogP contribution in [0.5, 0.6) is 5.75 Å². The first-order chi connectivity index (χ1) is 16.5. The number of aliphatic hydroxyl groups is 5. The topological polar surface area (TPSA) is 194 Å².